The maximum Gasteiger partial charge on any atom is 0.262 e. The summed E-state index contributed by atoms with van der Waals surface area (Å²) in [5.74, 6) is -0.987. The highest BCUT2D eigenvalue weighted by atomic mass is 35.5. The van der Waals surface area contributed by atoms with E-state index in [1.54, 1.807) is 32.0 Å². The summed E-state index contributed by atoms with van der Waals surface area (Å²) in [4.78, 5) is 24.9. The minimum Gasteiger partial charge on any atom is -0.493 e. The lowest BCUT2D eigenvalue weighted by atomic mass is 10.0. The molecular weight excluding hydrogens is 409 g/mol. The number of halogens is 2. The van der Waals surface area contributed by atoms with Gasteiger partial charge in [-0.1, -0.05) is 32.4 Å². The third-order valence-corrected chi connectivity index (χ3v) is 4.39. The minimum absolute atomic E-state index is 0.195. The summed E-state index contributed by atoms with van der Waals surface area (Å²) in [7, 11) is 0. The second kappa shape index (κ2) is 11.3. The first-order valence-electron chi connectivity index (χ1n) is 9.63. The van der Waals surface area contributed by atoms with E-state index in [2.05, 4.69) is 15.8 Å². The van der Waals surface area contributed by atoms with Crippen LogP contribution in [0, 0.1) is 11.7 Å². The largest absolute Gasteiger partial charge is 0.493 e. The summed E-state index contributed by atoms with van der Waals surface area (Å²) in [6.45, 7) is 6.13. The molecule has 2 rings (SSSR count). The van der Waals surface area contributed by atoms with Crippen LogP contribution in [0.1, 0.15) is 43.1 Å². The number of hydrazone groups is 1. The molecule has 0 fully saturated rings. The molecule has 0 aliphatic carbocycles. The van der Waals surface area contributed by atoms with Crippen molar-refractivity contribution < 1.29 is 18.7 Å². The molecule has 6 nitrogen and oxygen atoms in total. The minimum atomic E-state index is -0.824. The number of hydrogen-bond acceptors (Lipinski definition) is 4. The van der Waals surface area contributed by atoms with Crippen LogP contribution in [-0.4, -0.2) is 30.7 Å². The molecule has 0 aliphatic heterocycles. The van der Waals surface area contributed by atoms with Gasteiger partial charge in [-0.2, -0.15) is 5.10 Å². The Balaban J connectivity index is 2.06. The molecular formula is C22H25ClFN3O3. The number of carbonyl (C=O) groups is 2. The van der Waals surface area contributed by atoms with Gasteiger partial charge in [0, 0.05) is 16.1 Å². The molecule has 0 bridgehead atoms. The lowest BCUT2D eigenvalue weighted by Crippen LogP contribution is -2.48. The molecule has 0 spiro atoms. The van der Waals surface area contributed by atoms with Gasteiger partial charge in [-0.05, 0) is 54.8 Å². The van der Waals surface area contributed by atoms with Crippen molar-refractivity contribution in [2.24, 2.45) is 11.0 Å². The zero-order valence-corrected chi connectivity index (χ0v) is 17.9. The van der Waals surface area contributed by atoms with Crippen LogP contribution in [-0.2, 0) is 4.79 Å². The Bertz CT molecular complexity index is 901. The van der Waals surface area contributed by atoms with Gasteiger partial charge in [0.2, 0.25) is 0 Å². The number of nitrogens with one attached hydrogen (secondary N) is 2. The quantitative estimate of drug-likeness (QED) is 0.460. The zero-order valence-electron chi connectivity index (χ0n) is 17.1. The van der Waals surface area contributed by atoms with E-state index in [4.69, 9.17) is 16.3 Å². The number of hydrogen-bond donors (Lipinski definition) is 2. The second-order valence-corrected chi connectivity index (χ2v) is 7.40. The molecule has 0 aliphatic rings. The van der Waals surface area contributed by atoms with Gasteiger partial charge < -0.3 is 10.1 Å². The van der Waals surface area contributed by atoms with Gasteiger partial charge in [-0.25, -0.2) is 9.82 Å². The van der Waals surface area contributed by atoms with Crippen molar-refractivity contribution in [2.75, 3.05) is 6.61 Å². The van der Waals surface area contributed by atoms with E-state index >= 15 is 0 Å². The molecule has 0 radical (unpaired) electrons. The summed E-state index contributed by atoms with van der Waals surface area (Å²) < 4.78 is 18.7. The smallest absolute Gasteiger partial charge is 0.262 e. The molecule has 0 heterocycles. The first-order valence-corrected chi connectivity index (χ1v) is 10.0. The van der Waals surface area contributed by atoms with E-state index < -0.39 is 23.7 Å². The SMILES string of the molecule is CCCOc1ccc(Cl)cc1C=NNC(=O)C(NC(=O)c1ccc(F)cc1)C(C)C. The fourth-order valence-electron chi connectivity index (χ4n) is 2.56. The Labute approximate surface area is 180 Å². The Hall–Kier alpha value is -2.93. The first-order chi connectivity index (χ1) is 14.3. The van der Waals surface area contributed by atoms with Crippen molar-refractivity contribution in [3.63, 3.8) is 0 Å². The highest BCUT2D eigenvalue weighted by Crippen LogP contribution is 2.21. The van der Waals surface area contributed by atoms with Crippen molar-refractivity contribution in [2.45, 2.75) is 33.2 Å². The molecule has 2 N–H and O–H groups in total. The van der Waals surface area contributed by atoms with Crippen LogP contribution in [0.25, 0.3) is 0 Å². The van der Waals surface area contributed by atoms with E-state index in [0.717, 1.165) is 6.42 Å². The topological polar surface area (TPSA) is 79.8 Å². The van der Waals surface area contributed by atoms with Crippen LogP contribution < -0.4 is 15.5 Å². The molecule has 2 amide bonds. The number of carbonyl (C=O) groups excluding carboxylic acids is 2. The first kappa shape index (κ1) is 23.3. The van der Waals surface area contributed by atoms with Crippen LogP contribution in [0.5, 0.6) is 5.75 Å². The van der Waals surface area contributed by atoms with Crippen LogP contribution in [0.2, 0.25) is 5.02 Å². The molecule has 2 aromatic carbocycles. The maximum absolute atomic E-state index is 13.0. The van der Waals surface area contributed by atoms with E-state index in [0.29, 0.717) is 22.9 Å². The Morgan fingerprint density at radius 3 is 2.53 bits per heavy atom. The third-order valence-electron chi connectivity index (χ3n) is 4.15. The van der Waals surface area contributed by atoms with Gasteiger partial charge in [-0.15, -0.1) is 0 Å². The lowest BCUT2D eigenvalue weighted by Gasteiger charge is -2.20. The van der Waals surface area contributed by atoms with Gasteiger partial charge in [-0.3, -0.25) is 9.59 Å². The number of rotatable bonds is 9. The third kappa shape index (κ3) is 6.84. The molecule has 1 unspecified atom stereocenters. The Kier molecular flexibility index (Phi) is 8.80. The molecule has 0 saturated carbocycles. The summed E-state index contributed by atoms with van der Waals surface area (Å²) >= 11 is 6.03. The van der Waals surface area contributed by atoms with Crippen LogP contribution in [0.3, 0.4) is 0 Å². The predicted molar refractivity (Wildman–Crippen MR) is 115 cm³/mol. The molecule has 8 heteroatoms. The summed E-state index contributed by atoms with van der Waals surface area (Å²) in [5, 5.41) is 7.15. The number of benzene rings is 2. The highest BCUT2D eigenvalue weighted by molar-refractivity contribution is 6.30. The van der Waals surface area contributed by atoms with Crippen molar-refractivity contribution in [3.8, 4) is 5.75 Å². The summed E-state index contributed by atoms with van der Waals surface area (Å²) in [6, 6.07) is 9.39. The van der Waals surface area contributed by atoms with Crippen molar-refractivity contribution in [1.82, 2.24) is 10.7 Å². The fourth-order valence-corrected chi connectivity index (χ4v) is 2.74. The van der Waals surface area contributed by atoms with E-state index in [-0.39, 0.29) is 11.5 Å². The fraction of sp³-hybridized carbons (Fsp3) is 0.318. The van der Waals surface area contributed by atoms with Gasteiger partial charge in [0.25, 0.3) is 11.8 Å². The number of amides is 2. The molecule has 30 heavy (non-hydrogen) atoms. The van der Waals surface area contributed by atoms with Crippen molar-refractivity contribution in [1.29, 1.82) is 0 Å². The van der Waals surface area contributed by atoms with Gasteiger partial charge >= 0.3 is 0 Å². The number of ether oxygens (including phenoxy) is 1. The molecule has 160 valence electrons. The van der Waals surface area contributed by atoms with Gasteiger partial charge in [0.15, 0.2) is 0 Å². The highest BCUT2D eigenvalue weighted by Gasteiger charge is 2.24. The summed E-state index contributed by atoms with van der Waals surface area (Å²) in [5.41, 5.74) is 3.32. The van der Waals surface area contributed by atoms with E-state index in [1.165, 1.54) is 30.5 Å². The van der Waals surface area contributed by atoms with Crippen LogP contribution in [0.4, 0.5) is 4.39 Å². The number of nitrogens with zero attached hydrogens (tertiary/aromatic N) is 1. The standard InChI is InChI=1S/C22H25ClFN3O3/c1-4-11-30-19-10-7-17(23)12-16(19)13-25-27-22(29)20(14(2)3)26-21(28)15-5-8-18(24)9-6-15/h5-10,12-14,20H,4,11H2,1-3H3,(H,26,28)(H,27,29). The zero-order chi connectivity index (χ0) is 22.1. The average molecular weight is 434 g/mol. The second-order valence-electron chi connectivity index (χ2n) is 6.97. The van der Waals surface area contributed by atoms with Crippen LogP contribution >= 0.6 is 11.6 Å². The van der Waals surface area contributed by atoms with E-state index in [1.807, 2.05) is 6.92 Å². The van der Waals surface area contributed by atoms with Gasteiger partial charge in [0.05, 0.1) is 12.8 Å². The predicted octanol–water partition coefficient (Wildman–Crippen LogP) is 4.17. The van der Waals surface area contributed by atoms with Crippen LogP contribution in [0.15, 0.2) is 47.6 Å². The van der Waals surface area contributed by atoms with Gasteiger partial charge in [0.1, 0.15) is 17.6 Å². The Morgan fingerprint density at radius 1 is 1.20 bits per heavy atom. The summed E-state index contributed by atoms with van der Waals surface area (Å²) in [6.07, 6.45) is 2.29. The van der Waals surface area contributed by atoms with Crippen molar-refractivity contribution >= 4 is 29.6 Å². The molecule has 1 atom stereocenters. The molecule has 0 saturated heterocycles. The normalized spacial score (nSPS) is 12.1. The average Bonchev–Trinajstić information content (AvgIpc) is 2.71. The molecule has 0 aromatic heterocycles. The monoisotopic (exact) mass is 433 g/mol. The maximum atomic E-state index is 13.0. The Morgan fingerprint density at radius 2 is 1.90 bits per heavy atom. The van der Waals surface area contributed by atoms with E-state index in [9.17, 15) is 14.0 Å². The lowest BCUT2D eigenvalue weighted by molar-refractivity contribution is -0.123. The van der Waals surface area contributed by atoms with Crippen molar-refractivity contribution in [3.05, 3.63) is 64.4 Å². The molecule has 2 aromatic rings.